The van der Waals surface area contributed by atoms with Crippen LogP contribution in [0.5, 0.6) is 0 Å². The van der Waals surface area contributed by atoms with Gasteiger partial charge in [0.2, 0.25) is 0 Å². The van der Waals surface area contributed by atoms with Crippen molar-refractivity contribution < 1.29 is 0 Å². The molecule has 0 radical (unpaired) electrons. The lowest BCUT2D eigenvalue weighted by Gasteiger charge is -2.46. The predicted molar refractivity (Wildman–Crippen MR) is 84.6 cm³/mol. The zero-order chi connectivity index (χ0) is 13.8. The van der Waals surface area contributed by atoms with Gasteiger partial charge in [-0.05, 0) is 68.6 Å². The van der Waals surface area contributed by atoms with Crippen molar-refractivity contribution >= 4 is 0 Å². The van der Waals surface area contributed by atoms with Crippen LogP contribution in [0.2, 0.25) is 0 Å². The molecular formula is C18H28N2. The third kappa shape index (κ3) is 3.24. The zero-order valence-electron chi connectivity index (χ0n) is 12.6. The van der Waals surface area contributed by atoms with Crippen LogP contribution in [0.3, 0.4) is 0 Å². The fourth-order valence-corrected chi connectivity index (χ4v) is 3.87. The summed E-state index contributed by atoms with van der Waals surface area (Å²) in [6.07, 6.45) is 8.07. The molecule has 2 N–H and O–H groups in total. The Kier molecular flexibility index (Phi) is 4.42. The van der Waals surface area contributed by atoms with Crippen LogP contribution in [0, 0.1) is 11.3 Å². The molecule has 2 fully saturated rings. The van der Waals surface area contributed by atoms with E-state index < -0.39 is 0 Å². The SMILES string of the molecule is NCC1(CN2CCC(Cc3ccccc3)CC2)CCC1. The highest BCUT2D eigenvalue weighted by molar-refractivity contribution is 5.15. The second-order valence-electron chi connectivity index (χ2n) is 6.97. The molecule has 0 amide bonds. The quantitative estimate of drug-likeness (QED) is 0.892. The fourth-order valence-electron chi connectivity index (χ4n) is 3.87. The van der Waals surface area contributed by atoms with Crippen molar-refractivity contribution in [2.75, 3.05) is 26.2 Å². The lowest BCUT2D eigenvalue weighted by Crippen LogP contribution is -2.49. The maximum Gasteiger partial charge on any atom is 0.00501 e. The molecule has 110 valence electrons. The van der Waals surface area contributed by atoms with Crippen molar-refractivity contribution in [1.29, 1.82) is 0 Å². The molecule has 2 nitrogen and oxygen atoms in total. The van der Waals surface area contributed by atoms with Crippen LogP contribution >= 0.6 is 0 Å². The Balaban J connectivity index is 1.45. The third-order valence-corrected chi connectivity index (χ3v) is 5.48. The van der Waals surface area contributed by atoms with Gasteiger partial charge < -0.3 is 10.6 Å². The van der Waals surface area contributed by atoms with E-state index in [4.69, 9.17) is 5.73 Å². The molecule has 20 heavy (non-hydrogen) atoms. The molecule has 0 atom stereocenters. The summed E-state index contributed by atoms with van der Waals surface area (Å²) in [6, 6.07) is 11.0. The van der Waals surface area contributed by atoms with Crippen LogP contribution in [0.15, 0.2) is 30.3 Å². The summed E-state index contributed by atoms with van der Waals surface area (Å²) in [5, 5.41) is 0. The fraction of sp³-hybridized carbons (Fsp3) is 0.667. The van der Waals surface area contributed by atoms with E-state index >= 15 is 0 Å². The number of piperidine rings is 1. The van der Waals surface area contributed by atoms with E-state index in [9.17, 15) is 0 Å². The summed E-state index contributed by atoms with van der Waals surface area (Å²) in [5.41, 5.74) is 7.97. The summed E-state index contributed by atoms with van der Waals surface area (Å²) < 4.78 is 0. The molecule has 1 aliphatic heterocycles. The minimum atomic E-state index is 0.478. The summed E-state index contributed by atoms with van der Waals surface area (Å²) >= 11 is 0. The molecule has 2 heteroatoms. The Hall–Kier alpha value is -0.860. The predicted octanol–water partition coefficient (Wildman–Crippen LogP) is 3.07. The molecule has 0 unspecified atom stereocenters. The van der Waals surface area contributed by atoms with Crippen LogP contribution in [0.4, 0.5) is 0 Å². The first kappa shape index (κ1) is 14.1. The number of rotatable bonds is 5. The Bertz CT molecular complexity index is 397. The second kappa shape index (κ2) is 6.28. The highest BCUT2D eigenvalue weighted by atomic mass is 15.1. The van der Waals surface area contributed by atoms with Gasteiger partial charge in [0.05, 0.1) is 0 Å². The second-order valence-corrected chi connectivity index (χ2v) is 6.97. The number of nitrogens with zero attached hydrogens (tertiary/aromatic N) is 1. The Morgan fingerprint density at radius 3 is 2.35 bits per heavy atom. The highest BCUT2D eigenvalue weighted by Crippen LogP contribution is 2.41. The topological polar surface area (TPSA) is 29.3 Å². The smallest absolute Gasteiger partial charge is 0.00501 e. The first-order chi connectivity index (χ1) is 9.80. The van der Waals surface area contributed by atoms with Gasteiger partial charge in [-0.15, -0.1) is 0 Å². The summed E-state index contributed by atoms with van der Waals surface area (Å²) in [6.45, 7) is 4.69. The van der Waals surface area contributed by atoms with Crippen LogP contribution < -0.4 is 5.73 Å². The standard InChI is InChI=1S/C18H28N2/c19-14-18(9-4-10-18)15-20-11-7-17(8-12-20)13-16-5-2-1-3-6-16/h1-3,5-6,17H,4,7-15,19H2. The van der Waals surface area contributed by atoms with E-state index in [1.807, 2.05) is 0 Å². The average Bonchev–Trinajstić information content (AvgIpc) is 2.46. The molecule has 1 aliphatic carbocycles. The van der Waals surface area contributed by atoms with Crippen molar-refractivity contribution in [3.05, 3.63) is 35.9 Å². The number of hydrogen-bond acceptors (Lipinski definition) is 2. The molecule has 2 aliphatic rings. The van der Waals surface area contributed by atoms with Gasteiger partial charge in [0.1, 0.15) is 0 Å². The van der Waals surface area contributed by atoms with Crippen molar-refractivity contribution in [1.82, 2.24) is 4.90 Å². The molecule has 3 rings (SSSR count). The lowest BCUT2D eigenvalue weighted by molar-refractivity contribution is 0.0554. The van der Waals surface area contributed by atoms with Gasteiger partial charge in [0, 0.05) is 6.54 Å². The van der Waals surface area contributed by atoms with Crippen LogP contribution in [0.1, 0.15) is 37.7 Å². The van der Waals surface area contributed by atoms with E-state index in [2.05, 4.69) is 35.2 Å². The lowest BCUT2D eigenvalue weighted by atomic mass is 9.68. The average molecular weight is 272 g/mol. The molecule has 0 aromatic heterocycles. The Labute approximate surface area is 123 Å². The van der Waals surface area contributed by atoms with Crippen molar-refractivity contribution in [2.45, 2.75) is 38.5 Å². The zero-order valence-corrected chi connectivity index (χ0v) is 12.6. The first-order valence-corrected chi connectivity index (χ1v) is 8.26. The van der Waals surface area contributed by atoms with E-state index in [1.54, 1.807) is 0 Å². The van der Waals surface area contributed by atoms with E-state index in [-0.39, 0.29) is 0 Å². The van der Waals surface area contributed by atoms with Gasteiger partial charge in [0.15, 0.2) is 0 Å². The van der Waals surface area contributed by atoms with Crippen LogP contribution in [0.25, 0.3) is 0 Å². The van der Waals surface area contributed by atoms with Gasteiger partial charge in [-0.25, -0.2) is 0 Å². The molecule has 1 saturated carbocycles. The summed E-state index contributed by atoms with van der Waals surface area (Å²) in [5.74, 6) is 0.879. The van der Waals surface area contributed by atoms with Gasteiger partial charge in [-0.1, -0.05) is 36.8 Å². The number of likely N-dealkylation sites (tertiary alicyclic amines) is 1. The largest absolute Gasteiger partial charge is 0.330 e. The van der Waals surface area contributed by atoms with Crippen LogP contribution in [-0.2, 0) is 6.42 Å². The Morgan fingerprint density at radius 2 is 1.80 bits per heavy atom. The van der Waals surface area contributed by atoms with Crippen LogP contribution in [-0.4, -0.2) is 31.1 Å². The number of benzene rings is 1. The minimum absolute atomic E-state index is 0.478. The minimum Gasteiger partial charge on any atom is -0.330 e. The maximum absolute atomic E-state index is 5.99. The van der Waals surface area contributed by atoms with E-state index in [0.717, 1.165) is 12.5 Å². The summed E-state index contributed by atoms with van der Waals surface area (Å²) in [7, 11) is 0. The van der Waals surface area contributed by atoms with Gasteiger partial charge >= 0.3 is 0 Å². The first-order valence-electron chi connectivity index (χ1n) is 8.26. The van der Waals surface area contributed by atoms with Crippen molar-refractivity contribution in [3.63, 3.8) is 0 Å². The highest BCUT2D eigenvalue weighted by Gasteiger charge is 2.37. The molecule has 0 bridgehead atoms. The van der Waals surface area contributed by atoms with Gasteiger partial charge in [-0.3, -0.25) is 0 Å². The molecule has 1 aromatic carbocycles. The van der Waals surface area contributed by atoms with Crippen molar-refractivity contribution in [3.8, 4) is 0 Å². The van der Waals surface area contributed by atoms with Gasteiger partial charge in [0.25, 0.3) is 0 Å². The number of hydrogen-bond donors (Lipinski definition) is 1. The van der Waals surface area contributed by atoms with E-state index in [0.29, 0.717) is 5.41 Å². The Morgan fingerprint density at radius 1 is 1.10 bits per heavy atom. The molecular weight excluding hydrogens is 244 g/mol. The third-order valence-electron chi connectivity index (χ3n) is 5.48. The van der Waals surface area contributed by atoms with Gasteiger partial charge in [-0.2, -0.15) is 0 Å². The van der Waals surface area contributed by atoms with E-state index in [1.165, 1.54) is 63.7 Å². The monoisotopic (exact) mass is 272 g/mol. The summed E-state index contributed by atoms with van der Waals surface area (Å²) in [4.78, 5) is 2.67. The number of nitrogens with two attached hydrogens (primary N) is 1. The molecule has 1 saturated heterocycles. The van der Waals surface area contributed by atoms with Crippen molar-refractivity contribution in [2.24, 2.45) is 17.1 Å². The normalized spacial score (nSPS) is 23.4. The molecule has 1 aromatic rings. The molecule has 0 spiro atoms. The molecule has 1 heterocycles. The maximum atomic E-state index is 5.99.